The Morgan fingerprint density at radius 2 is 0.882 bits per heavy atom. The summed E-state index contributed by atoms with van der Waals surface area (Å²) in [7, 11) is -1.97. The van der Waals surface area contributed by atoms with Gasteiger partial charge in [0.1, 0.15) is 23.2 Å². The monoisotopic (exact) mass is 577 g/mol. The summed E-state index contributed by atoms with van der Waals surface area (Å²) in [6.45, 7) is 0.417. The summed E-state index contributed by atoms with van der Waals surface area (Å²) in [5.41, 5.74) is 1.02. The van der Waals surface area contributed by atoms with E-state index in [0.717, 1.165) is 12.6 Å². The number of hydrogen-bond donors (Lipinski definition) is 0. The Morgan fingerprint density at radius 3 is 1.26 bits per heavy atom. The van der Waals surface area contributed by atoms with Gasteiger partial charge in [-0.05, 0) is 48.5 Å². The van der Waals surface area contributed by atoms with Crippen LogP contribution in [0.3, 0.4) is 0 Å². The zero-order valence-corrected chi connectivity index (χ0v) is 21.7. The van der Waals surface area contributed by atoms with Crippen molar-refractivity contribution in [3.05, 3.63) is 126 Å². The normalized spacial score (nSPS) is 12.9. The highest BCUT2D eigenvalue weighted by molar-refractivity contribution is 7.95. The van der Waals surface area contributed by atoms with Crippen molar-refractivity contribution in [2.45, 2.75) is 6.42 Å². The number of imide groups is 1. The molecule has 0 fully saturated rings. The summed E-state index contributed by atoms with van der Waals surface area (Å²) in [5, 5.41) is 3.93. The Balaban J connectivity index is 0.00000274. The molecule has 0 atom stereocenters. The van der Waals surface area contributed by atoms with Crippen molar-refractivity contribution in [2.75, 3.05) is 12.7 Å². The highest BCUT2D eigenvalue weighted by Crippen LogP contribution is 2.55. The van der Waals surface area contributed by atoms with Crippen LogP contribution in [0.4, 0.5) is 0 Å². The molecule has 1 heterocycles. The minimum atomic E-state index is -1.97. The molecule has 0 unspecified atom stereocenters. The van der Waals surface area contributed by atoms with Crippen LogP contribution in [0.25, 0.3) is 0 Å². The Hall–Kier alpha value is -2.82. The van der Waals surface area contributed by atoms with Crippen LogP contribution in [0.15, 0.2) is 115 Å². The lowest BCUT2D eigenvalue weighted by Crippen LogP contribution is -3.00. The predicted molar refractivity (Wildman–Crippen MR) is 136 cm³/mol. The van der Waals surface area contributed by atoms with Crippen molar-refractivity contribution in [1.82, 2.24) is 4.90 Å². The lowest BCUT2D eigenvalue weighted by molar-refractivity contribution is -0.0000295. The summed E-state index contributed by atoms with van der Waals surface area (Å²) >= 11 is 0. The van der Waals surface area contributed by atoms with Gasteiger partial charge in [-0.2, -0.15) is 0 Å². The molecule has 2 amide bonds. The van der Waals surface area contributed by atoms with Gasteiger partial charge in [0.2, 0.25) is 0 Å². The third kappa shape index (κ3) is 4.33. The summed E-state index contributed by atoms with van der Waals surface area (Å²) in [5.74, 6) is -0.364. The summed E-state index contributed by atoms with van der Waals surface area (Å²) in [6, 6.07) is 39.1. The van der Waals surface area contributed by atoms with Crippen molar-refractivity contribution in [3.63, 3.8) is 0 Å². The van der Waals surface area contributed by atoms with Gasteiger partial charge in [0.15, 0.2) is 0 Å². The van der Waals surface area contributed by atoms with Crippen molar-refractivity contribution in [1.29, 1.82) is 0 Å². The molecule has 0 spiro atoms. The van der Waals surface area contributed by atoms with Gasteiger partial charge >= 0.3 is 0 Å². The average Bonchev–Trinajstić information content (AvgIpc) is 3.13. The molecule has 0 saturated carbocycles. The standard InChI is InChI=1S/C29H25NO2P.HI/c31-28-26-19-10-11-20-27(26)29(32)30(28)21-12-22-33(23-13-4-1-5-14-23,24-15-6-2-7-16-24)25-17-8-3-9-18-25;/h1-11,13-20H,12,21-22H2;1H/q+1;/p-1. The van der Waals surface area contributed by atoms with Crippen LogP contribution >= 0.6 is 7.26 Å². The first kappa shape index (κ1) is 24.3. The number of nitrogens with zero attached hydrogens (tertiary/aromatic N) is 1. The van der Waals surface area contributed by atoms with Gasteiger partial charge in [0.05, 0.1) is 17.3 Å². The maximum atomic E-state index is 12.9. The molecule has 4 aromatic rings. The maximum Gasteiger partial charge on any atom is 0.261 e. The highest BCUT2D eigenvalue weighted by Gasteiger charge is 2.45. The third-order valence-electron chi connectivity index (χ3n) is 6.34. The number of carbonyl (C=O) groups is 2. The van der Waals surface area contributed by atoms with Gasteiger partial charge in [-0.25, -0.2) is 0 Å². The molecule has 0 aliphatic carbocycles. The molecule has 170 valence electrons. The fourth-order valence-corrected chi connectivity index (χ4v) is 9.12. The lowest BCUT2D eigenvalue weighted by atomic mass is 10.1. The Labute approximate surface area is 218 Å². The van der Waals surface area contributed by atoms with Gasteiger partial charge in [0, 0.05) is 13.0 Å². The Bertz CT molecular complexity index is 1150. The Morgan fingerprint density at radius 1 is 0.529 bits per heavy atom. The van der Waals surface area contributed by atoms with E-state index in [0.29, 0.717) is 17.7 Å². The molecule has 5 heteroatoms. The second-order valence-electron chi connectivity index (χ2n) is 8.20. The first-order valence-electron chi connectivity index (χ1n) is 11.2. The van der Waals surface area contributed by atoms with E-state index in [1.807, 2.05) is 30.3 Å². The van der Waals surface area contributed by atoms with Crippen molar-refractivity contribution >= 4 is 35.0 Å². The van der Waals surface area contributed by atoms with Crippen molar-refractivity contribution in [3.8, 4) is 0 Å². The molecule has 0 bridgehead atoms. The molecule has 34 heavy (non-hydrogen) atoms. The molecule has 0 aromatic heterocycles. The molecule has 4 aromatic carbocycles. The minimum Gasteiger partial charge on any atom is -1.00 e. The number of benzene rings is 4. The lowest BCUT2D eigenvalue weighted by Gasteiger charge is -2.28. The van der Waals surface area contributed by atoms with Crippen LogP contribution in [0.1, 0.15) is 27.1 Å². The van der Waals surface area contributed by atoms with E-state index in [-0.39, 0.29) is 35.8 Å². The van der Waals surface area contributed by atoms with E-state index in [1.54, 1.807) is 12.1 Å². The fourth-order valence-electron chi connectivity index (χ4n) is 4.79. The molecular weight excluding hydrogens is 552 g/mol. The van der Waals surface area contributed by atoms with Crippen LogP contribution in [-0.4, -0.2) is 29.4 Å². The Kier molecular flexibility index (Phi) is 7.60. The maximum absolute atomic E-state index is 12.9. The summed E-state index contributed by atoms with van der Waals surface area (Å²) in [4.78, 5) is 27.2. The topological polar surface area (TPSA) is 37.4 Å². The second kappa shape index (κ2) is 10.6. The summed E-state index contributed by atoms with van der Waals surface area (Å²) < 4.78 is 0. The largest absolute Gasteiger partial charge is 1.00 e. The van der Waals surface area contributed by atoms with E-state index in [2.05, 4.69) is 72.8 Å². The summed E-state index contributed by atoms with van der Waals surface area (Å²) in [6.07, 6.45) is 1.61. The van der Waals surface area contributed by atoms with Gasteiger partial charge < -0.3 is 24.0 Å². The first-order chi connectivity index (χ1) is 16.2. The van der Waals surface area contributed by atoms with Gasteiger partial charge in [-0.1, -0.05) is 66.7 Å². The zero-order valence-electron chi connectivity index (χ0n) is 18.7. The molecule has 0 radical (unpaired) electrons. The fraction of sp³-hybridized carbons (Fsp3) is 0.103. The number of halogens is 1. The van der Waals surface area contributed by atoms with E-state index in [1.165, 1.54) is 20.8 Å². The van der Waals surface area contributed by atoms with Gasteiger partial charge in [-0.3, -0.25) is 14.5 Å². The number of carbonyl (C=O) groups excluding carboxylic acids is 2. The molecule has 0 saturated heterocycles. The number of fused-ring (bicyclic) bond motifs is 1. The second-order valence-corrected chi connectivity index (χ2v) is 11.8. The van der Waals surface area contributed by atoms with E-state index >= 15 is 0 Å². The smallest absolute Gasteiger partial charge is 0.261 e. The van der Waals surface area contributed by atoms with Crippen molar-refractivity contribution < 1.29 is 33.6 Å². The van der Waals surface area contributed by atoms with Crippen molar-refractivity contribution in [2.24, 2.45) is 0 Å². The van der Waals surface area contributed by atoms with E-state index in [9.17, 15) is 9.59 Å². The third-order valence-corrected chi connectivity index (χ3v) is 10.9. The van der Waals surface area contributed by atoms with Crippen LogP contribution in [0, 0.1) is 0 Å². The molecule has 3 nitrogen and oxygen atoms in total. The van der Waals surface area contributed by atoms with Crippen LogP contribution in [0.5, 0.6) is 0 Å². The molecule has 5 rings (SSSR count). The number of amides is 2. The molecule has 1 aliphatic rings. The van der Waals surface area contributed by atoms with E-state index < -0.39 is 7.26 Å². The van der Waals surface area contributed by atoms with E-state index in [4.69, 9.17) is 0 Å². The molecule has 0 N–H and O–H groups in total. The highest BCUT2D eigenvalue weighted by atomic mass is 127. The first-order valence-corrected chi connectivity index (χ1v) is 13.2. The number of rotatable bonds is 7. The van der Waals surface area contributed by atoms with Gasteiger partial charge in [-0.15, -0.1) is 0 Å². The predicted octanol–water partition coefficient (Wildman–Crippen LogP) is 1.67. The minimum absolute atomic E-state index is 0. The zero-order chi connectivity index (χ0) is 22.7. The number of hydrogen-bond acceptors (Lipinski definition) is 2. The van der Waals surface area contributed by atoms with Gasteiger partial charge in [0.25, 0.3) is 11.8 Å². The molecule has 1 aliphatic heterocycles. The van der Waals surface area contributed by atoms with Crippen LogP contribution in [0.2, 0.25) is 0 Å². The van der Waals surface area contributed by atoms with Crippen LogP contribution < -0.4 is 39.9 Å². The van der Waals surface area contributed by atoms with Crippen LogP contribution in [-0.2, 0) is 0 Å². The quantitative estimate of drug-likeness (QED) is 0.191. The molecular formula is C29H25INO2P. The SMILES string of the molecule is O=C1c2ccccc2C(=O)N1CCC[P+](c1ccccc1)(c1ccccc1)c1ccccc1.[I-]. The average molecular weight is 577 g/mol.